The average molecular weight is 221 g/mol. The first kappa shape index (κ1) is 10.2. The zero-order chi connectivity index (χ0) is 10.8. The van der Waals surface area contributed by atoms with E-state index in [0.29, 0.717) is 6.04 Å². The Labute approximate surface area is 93.8 Å². The zero-order valence-electron chi connectivity index (χ0n) is 9.19. The van der Waals surface area contributed by atoms with Crippen LogP contribution in [-0.2, 0) is 0 Å². The number of anilines is 1. The van der Waals surface area contributed by atoms with E-state index in [1.165, 1.54) is 9.75 Å². The van der Waals surface area contributed by atoms with E-state index in [1.54, 1.807) is 0 Å². The van der Waals surface area contributed by atoms with Gasteiger partial charge >= 0.3 is 0 Å². The van der Waals surface area contributed by atoms with E-state index < -0.39 is 0 Å². The van der Waals surface area contributed by atoms with Gasteiger partial charge in [-0.15, -0.1) is 11.3 Å². The summed E-state index contributed by atoms with van der Waals surface area (Å²) in [4.78, 5) is 6.96. The molecule has 0 bridgehead atoms. The van der Waals surface area contributed by atoms with Crippen LogP contribution in [-0.4, -0.2) is 16.6 Å². The lowest BCUT2D eigenvalue weighted by molar-refractivity contribution is 0.657. The fourth-order valence-electron chi connectivity index (χ4n) is 1.63. The van der Waals surface area contributed by atoms with Crippen molar-refractivity contribution in [1.82, 2.24) is 9.55 Å². The first-order valence-electron chi connectivity index (χ1n) is 4.99. The monoisotopic (exact) mass is 221 g/mol. The largest absolute Gasteiger partial charge is 0.359 e. The molecule has 2 heterocycles. The summed E-state index contributed by atoms with van der Waals surface area (Å²) in [6.45, 7) is 4.32. The lowest BCUT2D eigenvalue weighted by Gasteiger charge is -2.14. The van der Waals surface area contributed by atoms with Crippen LogP contribution in [0.25, 0.3) is 0 Å². The number of nitrogens with one attached hydrogen (secondary N) is 1. The summed E-state index contributed by atoms with van der Waals surface area (Å²) in [6.07, 6.45) is 3.83. The lowest BCUT2D eigenvalue weighted by Crippen LogP contribution is -2.08. The number of hydrogen-bond acceptors (Lipinski definition) is 3. The molecule has 0 aliphatic heterocycles. The van der Waals surface area contributed by atoms with E-state index in [9.17, 15) is 0 Å². The highest BCUT2D eigenvalue weighted by Gasteiger charge is 2.12. The summed E-state index contributed by atoms with van der Waals surface area (Å²) < 4.78 is 2.14. The number of thiophene rings is 1. The van der Waals surface area contributed by atoms with Gasteiger partial charge in [0.05, 0.1) is 6.04 Å². The van der Waals surface area contributed by atoms with Crippen LogP contribution in [0.1, 0.15) is 22.7 Å². The molecule has 0 fully saturated rings. The molecule has 2 rings (SSSR count). The van der Waals surface area contributed by atoms with Crippen molar-refractivity contribution in [3.8, 4) is 0 Å². The maximum absolute atomic E-state index is 4.24. The molecule has 1 N–H and O–H groups in total. The Kier molecular flexibility index (Phi) is 2.77. The van der Waals surface area contributed by atoms with E-state index in [0.717, 1.165) is 5.95 Å². The molecule has 0 radical (unpaired) electrons. The molecule has 15 heavy (non-hydrogen) atoms. The van der Waals surface area contributed by atoms with Crippen LogP contribution in [0, 0.1) is 6.92 Å². The van der Waals surface area contributed by atoms with Gasteiger partial charge in [0.1, 0.15) is 0 Å². The van der Waals surface area contributed by atoms with E-state index in [4.69, 9.17) is 0 Å². The molecule has 0 aliphatic rings. The van der Waals surface area contributed by atoms with Crippen molar-refractivity contribution in [3.05, 3.63) is 34.3 Å². The second kappa shape index (κ2) is 4.06. The lowest BCUT2D eigenvalue weighted by atomic mass is 10.3. The van der Waals surface area contributed by atoms with Crippen LogP contribution in [0.3, 0.4) is 0 Å². The van der Waals surface area contributed by atoms with Crippen LogP contribution in [0.2, 0.25) is 0 Å². The normalized spacial score (nSPS) is 12.7. The topological polar surface area (TPSA) is 29.9 Å². The summed E-state index contributed by atoms with van der Waals surface area (Å²) in [7, 11) is 1.89. The molecule has 80 valence electrons. The molecule has 1 atom stereocenters. The van der Waals surface area contributed by atoms with Gasteiger partial charge in [-0.2, -0.15) is 0 Å². The van der Waals surface area contributed by atoms with Gasteiger partial charge in [0.25, 0.3) is 0 Å². The van der Waals surface area contributed by atoms with Crippen LogP contribution < -0.4 is 5.32 Å². The van der Waals surface area contributed by atoms with Crippen molar-refractivity contribution in [2.75, 3.05) is 12.4 Å². The molecule has 0 spiro atoms. The molecule has 4 heteroatoms. The number of hydrogen-bond donors (Lipinski definition) is 1. The highest BCUT2D eigenvalue weighted by molar-refractivity contribution is 7.12. The summed E-state index contributed by atoms with van der Waals surface area (Å²) in [5.74, 6) is 0.911. The van der Waals surface area contributed by atoms with Crippen LogP contribution >= 0.6 is 11.3 Å². The van der Waals surface area contributed by atoms with Gasteiger partial charge in [0, 0.05) is 29.2 Å². The number of nitrogens with zero attached hydrogens (tertiary/aromatic N) is 2. The maximum atomic E-state index is 4.24. The predicted octanol–water partition coefficient (Wildman–Crippen LogP) is 2.90. The first-order chi connectivity index (χ1) is 7.22. The van der Waals surface area contributed by atoms with Gasteiger partial charge in [0.15, 0.2) is 0 Å². The van der Waals surface area contributed by atoms with Crippen molar-refractivity contribution in [1.29, 1.82) is 0 Å². The first-order valence-corrected chi connectivity index (χ1v) is 5.81. The van der Waals surface area contributed by atoms with E-state index in [2.05, 4.69) is 40.8 Å². The Morgan fingerprint density at radius 3 is 2.87 bits per heavy atom. The van der Waals surface area contributed by atoms with Gasteiger partial charge in [-0.3, -0.25) is 0 Å². The number of imidazole rings is 1. The van der Waals surface area contributed by atoms with Gasteiger partial charge in [-0.1, -0.05) is 0 Å². The third-order valence-corrected chi connectivity index (χ3v) is 3.65. The molecule has 0 aliphatic carbocycles. The Morgan fingerprint density at radius 1 is 1.47 bits per heavy atom. The molecule has 0 aromatic carbocycles. The van der Waals surface area contributed by atoms with Crippen molar-refractivity contribution in [2.24, 2.45) is 0 Å². The van der Waals surface area contributed by atoms with Crippen LogP contribution in [0.4, 0.5) is 5.95 Å². The average Bonchev–Trinajstić information content (AvgIpc) is 2.84. The minimum atomic E-state index is 0.341. The van der Waals surface area contributed by atoms with Crippen LogP contribution in [0.5, 0.6) is 0 Å². The Hall–Kier alpha value is -1.29. The molecular formula is C11H15N3S. The molecule has 0 amide bonds. The maximum Gasteiger partial charge on any atom is 0.203 e. The third kappa shape index (κ3) is 1.90. The molecule has 0 saturated heterocycles. The number of aromatic nitrogens is 2. The summed E-state index contributed by atoms with van der Waals surface area (Å²) in [5.41, 5.74) is 0. The predicted molar refractivity (Wildman–Crippen MR) is 64.6 cm³/mol. The second-order valence-corrected chi connectivity index (χ2v) is 4.85. The zero-order valence-corrected chi connectivity index (χ0v) is 10.0. The Balaban J connectivity index is 2.31. The molecular weight excluding hydrogens is 206 g/mol. The molecule has 3 nitrogen and oxygen atoms in total. The smallest absolute Gasteiger partial charge is 0.203 e. The van der Waals surface area contributed by atoms with E-state index in [1.807, 2.05) is 30.8 Å². The van der Waals surface area contributed by atoms with Gasteiger partial charge in [-0.05, 0) is 26.0 Å². The molecule has 2 aromatic heterocycles. The van der Waals surface area contributed by atoms with Crippen molar-refractivity contribution in [2.45, 2.75) is 19.9 Å². The summed E-state index contributed by atoms with van der Waals surface area (Å²) in [5, 5.41) is 3.09. The number of aryl methyl sites for hydroxylation is 1. The Morgan fingerprint density at radius 2 is 2.27 bits per heavy atom. The summed E-state index contributed by atoms with van der Waals surface area (Å²) >= 11 is 1.84. The second-order valence-electron chi connectivity index (χ2n) is 3.53. The van der Waals surface area contributed by atoms with E-state index >= 15 is 0 Å². The van der Waals surface area contributed by atoms with Crippen molar-refractivity contribution in [3.63, 3.8) is 0 Å². The summed E-state index contributed by atoms with van der Waals surface area (Å²) in [6, 6.07) is 4.69. The highest BCUT2D eigenvalue weighted by Crippen LogP contribution is 2.27. The highest BCUT2D eigenvalue weighted by atomic mass is 32.1. The molecule has 1 unspecified atom stereocenters. The molecule has 2 aromatic rings. The quantitative estimate of drug-likeness (QED) is 0.863. The van der Waals surface area contributed by atoms with Crippen LogP contribution in [0.15, 0.2) is 24.5 Å². The van der Waals surface area contributed by atoms with Crippen molar-refractivity contribution >= 4 is 17.3 Å². The minimum absolute atomic E-state index is 0.341. The molecule has 0 saturated carbocycles. The van der Waals surface area contributed by atoms with E-state index in [-0.39, 0.29) is 0 Å². The van der Waals surface area contributed by atoms with Gasteiger partial charge in [-0.25, -0.2) is 4.98 Å². The SMILES string of the molecule is CNc1nccn1C(C)c1ccc(C)s1. The van der Waals surface area contributed by atoms with Crippen molar-refractivity contribution < 1.29 is 0 Å². The standard InChI is InChI=1S/C11H15N3S/c1-8-4-5-10(15-8)9(2)14-7-6-13-11(14)12-3/h4-7,9H,1-3H3,(H,12,13). The Bertz CT molecular complexity index is 444. The fraction of sp³-hybridized carbons (Fsp3) is 0.364. The number of rotatable bonds is 3. The van der Waals surface area contributed by atoms with Gasteiger partial charge < -0.3 is 9.88 Å². The minimum Gasteiger partial charge on any atom is -0.359 e. The fourth-order valence-corrected chi connectivity index (χ4v) is 2.56. The third-order valence-electron chi connectivity index (χ3n) is 2.48. The van der Waals surface area contributed by atoms with Gasteiger partial charge in [0.2, 0.25) is 5.95 Å².